The van der Waals surface area contributed by atoms with E-state index >= 15 is 0 Å². The van der Waals surface area contributed by atoms with Crippen LogP contribution in [0.5, 0.6) is 0 Å². The van der Waals surface area contributed by atoms with Crippen molar-refractivity contribution >= 4 is 22.9 Å². The molecular weight excluding hydrogens is 300 g/mol. The van der Waals surface area contributed by atoms with E-state index < -0.39 is 4.92 Å². The van der Waals surface area contributed by atoms with Crippen molar-refractivity contribution in [3.05, 3.63) is 37.7 Å². The maximum Gasteiger partial charge on any atom is 0.274 e. The van der Waals surface area contributed by atoms with Gasteiger partial charge in [0, 0.05) is 31.2 Å². The molecule has 1 aromatic heterocycles. The SMILES string of the molecule is CC1CCN(C)/C(=C\[N+](=O)[O-])N(Cc2cnc(Cl)s2)C1. The second-order valence-corrected chi connectivity index (χ2v) is 6.75. The van der Waals surface area contributed by atoms with Gasteiger partial charge in [0.15, 0.2) is 10.3 Å². The lowest BCUT2D eigenvalue weighted by molar-refractivity contribution is -0.405. The summed E-state index contributed by atoms with van der Waals surface area (Å²) in [7, 11) is 1.89. The molecule has 2 heterocycles. The molecule has 1 saturated heterocycles. The van der Waals surface area contributed by atoms with Crippen LogP contribution in [0, 0.1) is 16.0 Å². The third-order valence-corrected chi connectivity index (χ3v) is 4.40. The second-order valence-electron chi connectivity index (χ2n) is 5.05. The molecule has 1 fully saturated rings. The van der Waals surface area contributed by atoms with E-state index in [1.54, 1.807) is 6.20 Å². The van der Waals surface area contributed by atoms with Crippen LogP contribution in [0.3, 0.4) is 0 Å². The zero-order valence-electron chi connectivity index (χ0n) is 11.5. The Labute approximate surface area is 126 Å². The van der Waals surface area contributed by atoms with E-state index in [1.807, 2.05) is 16.8 Å². The summed E-state index contributed by atoms with van der Waals surface area (Å²) in [6, 6.07) is 0. The number of aromatic nitrogens is 1. The van der Waals surface area contributed by atoms with Gasteiger partial charge in [-0.25, -0.2) is 4.98 Å². The Morgan fingerprint density at radius 2 is 2.45 bits per heavy atom. The number of nitro groups is 1. The average molecular weight is 317 g/mol. The van der Waals surface area contributed by atoms with Gasteiger partial charge in [0.1, 0.15) is 0 Å². The first kappa shape index (κ1) is 15.1. The first-order valence-corrected chi connectivity index (χ1v) is 7.56. The molecule has 1 aromatic rings. The third kappa shape index (κ3) is 3.83. The minimum atomic E-state index is -0.394. The van der Waals surface area contributed by atoms with Crippen LogP contribution < -0.4 is 0 Å². The van der Waals surface area contributed by atoms with E-state index in [1.165, 1.54) is 11.3 Å². The van der Waals surface area contributed by atoms with Gasteiger partial charge in [-0.15, -0.1) is 11.3 Å². The molecule has 2 rings (SSSR count). The Balaban J connectivity index is 2.25. The lowest BCUT2D eigenvalue weighted by Gasteiger charge is -2.28. The third-order valence-electron chi connectivity index (χ3n) is 3.30. The number of thiazole rings is 1. The molecular formula is C12H17ClN4O2S. The van der Waals surface area contributed by atoms with Gasteiger partial charge in [-0.2, -0.15) is 0 Å². The van der Waals surface area contributed by atoms with Gasteiger partial charge < -0.3 is 9.80 Å². The van der Waals surface area contributed by atoms with E-state index in [4.69, 9.17) is 11.6 Å². The summed E-state index contributed by atoms with van der Waals surface area (Å²) in [5.74, 6) is 1.13. The molecule has 0 aliphatic carbocycles. The molecule has 20 heavy (non-hydrogen) atoms. The molecule has 6 nitrogen and oxygen atoms in total. The number of rotatable bonds is 3. The van der Waals surface area contributed by atoms with Crippen LogP contribution in [0.2, 0.25) is 4.47 Å². The molecule has 8 heteroatoms. The smallest absolute Gasteiger partial charge is 0.274 e. The Bertz CT molecular complexity index is 519. The van der Waals surface area contributed by atoms with Crippen molar-refractivity contribution in [1.29, 1.82) is 0 Å². The zero-order chi connectivity index (χ0) is 14.7. The maximum atomic E-state index is 10.9. The van der Waals surface area contributed by atoms with Gasteiger partial charge in [0.2, 0.25) is 0 Å². The molecule has 0 spiro atoms. The first-order valence-electron chi connectivity index (χ1n) is 6.37. The standard InChI is InChI=1S/C12H17ClN4O2S/c1-9-3-4-15(2)11(8-17(18)19)16(6-9)7-10-5-14-12(13)20-10/h5,8-9H,3-4,6-7H2,1-2H3/b11-8+. The van der Waals surface area contributed by atoms with Gasteiger partial charge >= 0.3 is 0 Å². The Morgan fingerprint density at radius 3 is 3.05 bits per heavy atom. The van der Waals surface area contributed by atoms with Crippen LogP contribution in [0.4, 0.5) is 0 Å². The maximum absolute atomic E-state index is 10.9. The Kier molecular flexibility index (Phi) is 4.82. The largest absolute Gasteiger partial charge is 0.356 e. The summed E-state index contributed by atoms with van der Waals surface area (Å²) in [4.78, 5) is 19.5. The molecule has 110 valence electrons. The molecule has 0 aromatic carbocycles. The van der Waals surface area contributed by atoms with E-state index in [0.29, 0.717) is 22.8 Å². The summed E-state index contributed by atoms with van der Waals surface area (Å²) in [6.07, 6.45) is 3.83. The highest BCUT2D eigenvalue weighted by molar-refractivity contribution is 7.15. The fourth-order valence-electron chi connectivity index (χ4n) is 2.30. The van der Waals surface area contributed by atoms with Gasteiger partial charge in [0.05, 0.1) is 11.5 Å². The highest BCUT2D eigenvalue weighted by Gasteiger charge is 2.24. The van der Waals surface area contributed by atoms with Gasteiger partial charge in [0.25, 0.3) is 6.20 Å². The van der Waals surface area contributed by atoms with E-state index in [2.05, 4.69) is 11.9 Å². The summed E-state index contributed by atoms with van der Waals surface area (Å²) in [5.41, 5.74) is 0. The minimum absolute atomic E-state index is 0.394. The fourth-order valence-corrected chi connectivity index (χ4v) is 3.29. The molecule has 1 unspecified atom stereocenters. The van der Waals surface area contributed by atoms with Crippen molar-refractivity contribution in [1.82, 2.24) is 14.8 Å². The normalized spacial score (nSPS) is 22.1. The molecule has 0 radical (unpaired) electrons. The highest BCUT2D eigenvalue weighted by atomic mass is 35.5. The van der Waals surface area contributed by atoms with Crippen LogP contribution in [0.25, 0.3) is 0 Å². The van der Waals surface area contributed by atoms with Crippen LogP contribution in [-0.2, 0) is 6.54 Å². The molecule has 1 aliphatic rings. The molecule has 0 saturated carbocycles. The number of nitrogens with zero attached hydrogens (tertiary/aromatic N) is 4. The van der Waals surface area contributed by atoms with Crippen LogP contribution in [-0.4, -0.2) is 39.8 Å². The Morgan fingerprint density at radius 1 is 1.70 bits per heavy atom. The summed E-state index contributed by atoms with van der Waals surface area (Å²) in [5, 5.41) is 10.9. The molecule has 1 atom stereocenters. The fraction of sp³-hybridized carbons (Fsp3) is 0.583. The monoisotopic (exact) mass is 316 g/mol. The van der Waals surface area contributed by atoms with Crippen molar-refractivity contribution in [2.75, 3.05) is 20.1 Å². The average Bonchev–Trinajstić information content (AvgIpc) is 2.72. The lowest BCUT2D eigenvalue weighted by Crippen LogP contribution is -2.32. The summed E-state index contributed by atoms with van der Waals surface area (Å²) >= 11 is 7.25. The van der Waals surface area contributed by atoms with E-state index in [0.717, 1.165) is 30.6 Å². The van der Waals surface area contributed by atoms with Crippen LogP contribution >= 0.6 is 22.9 Å². The van der Waals surface area contributed by atoms with Crippen LogP contribution in [0.15, 0.2) is 18.2 Å². The molecule has 1 aliphatic heterocycles. The quantitative estimate of drug-likeness (QED) is 0.633. The van der Waals surface area contributed by atoms with Gasteiger partial charge in [-0.1, -0.05) is 18.5 Å². The number of halogens is 1. The number of hydrogen-bond acceptors (Lipinski definition) is 6. The predicted molar refractivity (Wildman–Crippen MR) is 79.0 cm³/mol. The van der Waals surface area contributed by atoms with Crippen molar-refractivity contribution < 1.29 is 4.92 Å². The summed E-state index contributed by atoms with van der Waals surface area (Å²) < 4.78 is 0.496. The Hall–Kier alpha value is -1.34. The lowest BCUT2D eigenvalue weighted by atomic mass is 10.1. The highest BCUT2D eigenvalue weighted by Crippen LogP contribution is 2.25. The molecule has 0 N–H and O–H groups in total. The molecule has 0 amide bonds. The van der Waals surface area contributed by atoms with E-state index in [-0.39, 0.29) is 0 Å². The van der Waals surface area contributed by atoms with Gasteiger partial charge in [-0.05, 0) is 12.3 Å². The van der Waals surface area contributed by atoms with Crippen molar-refractivity contribution in [3.63, 3.8) is 0 Å². The summed E-state index contributed by atoms with van der Waals surface area (Å²) in [6.45, 7) is 4.37. The molecule has 0 bridgehead atoms. The first-order chi connectivity index (χ1) is 9.45. The topological polar surface area (TPSA) is 62.5 Å². The minimum Gasteiger partial charge on any atom is -0.356 e. The van der Waals surface area contributed by atoms with Crippen LogP contribution in [0.1, 0.15) is 18.2 Å². The van der Waals surface area contributed by atoms with E-state index in [9.17, 15) is 10.1 Å². The van der Waals surface area contributed by atoms with Gasteiger partial charge in [-0.3, -0.25) is 10.1 Å². The second kappa shape index (κ2) is 6.41. The zero-order valence-corrected chi connectivity index (χ0v) is 13.0. The predicted octanol–water partition coefficient (Wildman–Crippen LogP) is 2.65. The van der Waals surface area contributed by atoms with Crippen molar-refractivity contribution in [2.24, 2.45) is 5.92 Å². The van der Waals surface area contributed by atoms with Crippen molar-refractivity contribution in [2.45, 2.75) is 19.9 Å². The number of hydrogen-bond donors (Lipinski definition) is 0. The van der Waals surface area contributed by atoms with Crippen molar-refractivity contribution in [3.8, 4) is 0 Å².